The number of ether oxygens (including phenoxy) is 1. The molecule has 8 heteroatoms. The Balaban J connectivity index is 1.62. The number of alkyl halides is 3. The van der Waals surface area contributed by atoms with Crippen molar-refractivity contribution < 1.29 is 22.7 Å². The molecule has 3 rings (SSSR count). The summed E-state index contributed by atoms with van der Waals surface area (Å²) in [4.78, 5) is 14.2. The molecular weight excluding hydrogens is 383 g/mol. The maximum Gasteiger partial charge on any atom is 0.393 e. The van der Waals surface area contributed by atoms with Crippen molar-refractivity contribution in [3.05, 3.63) is 52.8 Å². The van der Waals surface area contributed by atoms with E-state index in [0.717, 1.165) is 22.5 Å². The lowest BCUT2D eigenvalue weighted by molar-refractivity contribution is -0.190. The highest BCUT2D eigenvalue weighted by Crippen LogP contribution is 2.38. The Morgan fingerprint density at radius 2 is 1.90 bits per heavy atom. The van der Waals surface area contributed by atoms with Crippen LogP contribution in [0.2, 0.25) is 0 Å². The predicted octanol–water partition coefficient (Wildman–Crippen LogP) is 3.43. The average Bonchev–Trinajstić information content (AvgIpc) is 3.18. The summed E-state index contributed by atoms with van der Waals surface area (Å²) in [6.45, 7) is 4.05. The Hall–Kier alpha value is -2.35. The fourth-order valence-corrected chi connectivity index (χ4v) is 3.97. The van der Waals surface area contributed by atoms with Crippen molar-refractivity contribution in [1.29, 1.82) is 0 Å². The molecule has 1 aliphatic rings. The summed E-state index contributed by atoms with van der Waals surface area (Å²) in [7, 11) is 1.83. The van der Waals surface area contributed by atoms with Gasteiger partial charge in [0.15, 0.2) is 0 Å². The number of hydrogen-bond donors (Lipinski definition) is 0. The zero-order chi connectivity index (χ0) is 21.2. The first-order chi connectivity index (χ1) is 13.7. The molecule has 1 aromatic carbocycles. The minimum absolute atomic E-state index is 0.0445. The van der Waals surface area contributed by atoms with E-state index in [1.807, 2.05) is 51.2 Å². The van der Waals surface area contributed by atoms with Crippen LogP contribution in [-0.2, 0) is 29.5 Å². The molecule has 0 saturated carbocycles. The van der Waals surface area contributed by atoms with Gasteiger partial charge >= 0.3 is 12.1 Å². The molecule has 158 valence electrons. The highest BCUT2D eigenvalue weighted by atomic mass is 19.4. The molecule has 2 atom stereocenters. The third kappa shape index (κ3) is 4.98. The summed E-state index contributed by atoms with van der Waals surface area (Å²) in [5.74, 6) is -3.68. The van der Waals surface area contributed by atoms with Crippen LogP contribution >= 0.6 is 0 Å². The van der Waals surface area contributed by atoms with Gasteiger partial charge in [-0.25, -0.2) is 0 Å². The van der Waals surface area contributed by atoms with E-state index in [2.05, 4.69) is 5.10 Å². The van der Waals surface area contributed by atoms with E-state index >= 15 is 0 Å². The summed E-state index contributed by atoms with van der Waals surface area (Å²) in [6, 6.07) is 9.29. The Morgan fingerprint density at radius 3 is 2.48 bits per heavy atom. The molecular formula is C21H26F3N3O2. The average molecular weight is 409 g/mol. The van der Waals surface area contributed by atoms with Gasteiger partial charge in [0.25, 0.3) is 0 Å². The van der Waals surface area contributed by atoms with E-state index in [0.29, 0.717) is 13.0 Å². The molecule has 0 N–H and O–H groups in total. The third-order valence-corrected chi connectivity index (χ3v) is 5.62. The molecule has 0 amide bonds. The van der Waals surface area contributed by atoms with Gasteiger partial charge < -0.3 is 4.74 Å². The normalized spacial score (nSPS) is 20.2. The van der Waals surface area contributed by atoms with Crippen LogP contribution < -0.4 is 0 Å². The number of likely N-dealkylation sites (tertiary alicyclic amines) is 1. The molecule has 29 heavy (non-hydrogen) atoms. The zero-order valence-electron chi connectivity index (χ0n) is 16.9. The molecule has 1 fully saturated rings. The number of rotatable bonds is 6. The molecule has 2 aromatic rings. The summed E-state index contributed by atoms with van der Waals surface area (Å²) in [6.07, 6.45) is -4.00. The van der Waals surface area contributed by atoms with E-state index in [9.17, 15) is 18.0 Å². The van der Waals surface area contributed by atoms with Crippen molar-refractivity contribution in [3.63, 3.8) is 0 Å². The van der Waals surface area contributed by atoms with Crippen molar-refractivity contribution in [2.45, 2.75) is 33.0 Å². The molecule has 1 saturated heterocycles. The summed E-state index contributed by atoms with van der Waals surface area (Å²) >= 11 is 0. The molecule has 0 spiro atoms. The van der Waals surface area contributed by atoms with Gasteiger partial charge in [-0.15, -0.1) is 0 Å². The van der Waals surface area contributed by atoms with Crippen LogP contribution in [0.5, 0.6) is 0 Å². The second-order valence-electron chi connectivity index (χ2n) is 7.62. The summed E-state index contributed by atoms with van der Waals surface area (Å²) in [5, 5.41) is 4.30. The topological polar surface area (TPSA) is 47.4 Å². The highest BCUT2D eigenvalue weighted by Gasteiger charge is 2.52. The quantitative estimate of drug-likeness (QED) is 0.686. The second kappa shape index (κ2) is 8.57. The number of hydrogen-bond acceptors (Lipinski definition) is 4. The fraction of sp³-hybridized carbons (Fsp3) is 0.524. The Labute approximate surface area is 168 Å². The molecule has 5 nitrogen and oxygen atoms in total. The van der Waals surface area contributed by atoms with Crippen LogP contribution in [0.4, 0.5) is 13.2 Å². The first-order valence-corrected chi connectivity index (χ1v) is 9.65. The minimum Gasteiger partial charge on any atom is -0.465 e. The van der Waals surface area contributed by atoms with Crippen molar-refractivity contribution in [2.24, 2.45) is 18.9 Å². The smallest absolute Gasteiger partial charge is 0.393 e. The van der Waals surface area contributed by atoms with E-state index in [1.54, 1.807) is 9.58 Å². The van der Waals surface area contributed by atoms with Gasteiger partial charge in [0.2, 0.25) is 0 Å². The lowest BCUT2D eigenvalue weighted by atomic mass is 9.96. The number of carbonyl (C=O) groups is 1. The second-order valence-corrected chi connectivity index (χ2v) is 7.62. The van der Waals surface area contributed by atoms with E-state index in [-0.39, 0.29) is 19.7 Å². The molecule has 1 aliphatic heterocycles. The van der Waals surface area contributed by atoms with Crippen molar-refractivity contribution in [2.75, 3.05) is 19.7 Å². The van der Waals surface area contributed by atoms with Crippen molar-refractivity contribution in [1.82, 2.24) is 14.7 Å². The number of esters is 1. The number of aromatic nitrogens is 2. The number of nitrogens with zero attached hydrogens (tertiary/aromatic N) is 3. The zero-order valence-corrected chi connectivity index (χ0v) is 16.9. The first-order valence-electron chi connectivity index (χ1n) is 9.65. The number of carbonyl (C=O) groups excluding carboxylic acids is 1. The maximum atomic E-state index is 13.5. The van der Waals surface area contributed by atoms with E-state index < -0.39 is 24.0 Å². The van der Waals surface area contributed by atoms with Gasteiger partial charge in [0, 0.05) is 38.8 Å². The predicted molar refractivity (Wildman–Crippen MR) is 102 cm³/mol. The Morgan fingerprint density at radius 1 is 1.21 bits per heavy atom. The molecule has 0 unspecified atom stereocenters. The SMILES string of the molecule is Cc1nn(C)c(C)c1CCOC(=O)[C@H]1CN(Cc2ccccc2)C[C@H]1C(F)(F)F. The van der Waals surface area contributed by atoms with Crippen LogP contribution in [0.25, 0.3) is 0 Å². The van der Waals surface area contributed by atoms with Gasteiger partial charge in [-0.05, 0) is 25.0 Å². The van der Waals surface area contributed by atoms with Crippen LogP contribution in [0, 0.1) is 25.7 Å². The fourth-order valence-electron chi connectivity index (χ4n) is 3.97. The number of benzene rings is 1. The third-order valence-electron chi connectivity index (χ3n) is 5.62. The monoisotopic (exact) mass is 409 g/mol. The first kappa shape index (κ1) is 21.4. The van der Waals surface area contributed by atoms with Crippen molar-refractivity contribution in [3.8, 4) is 0 Å². The van der Waals surface area contributed by atoms with E-state index in [4.69, 9.17) is 4.74 Å². The van der Waals surface area contributed by atoms with E-state index in [1.165, 1.54) is 0 Å². The molecule has 0 radical (unpaired) electrons. The molecule has 0 aliphatic carbocycles. The summed E-state index contributed by atoms with van der Waals surface area (Å²) < 4.78 is 47.6. The van der Waals surface area contributed by atoms with Gasteiger partial charge in [-0.1, -0.05) is 30.3 Å². The number of aryl methyl sites for hydroxylation is 2. The van der Waals surface area contributed by atoms with Gasteiger partial charge in [-0.2, -0.15) is 18.3 Å². The van der Waals surface area contributed by atoms with Crippen LogP contribution in [0.3, 0.4) is 0 Å². The van der Waals surface area contributed by atoms with Crippen LogP contribution in [-0.4, -0.2) is 46.5 Å². The molecule has 2 heterocycles. The minimum atomic E-state index is -4.44. The lowest BCUT2D eigenvalue weighted by Gasteiger charge is -2.20. The molecule has 0 bridgehead atoms. The Bertz CT molecular complexity index is 849. The van der Waals surface area contributed by atoms with Gasteiger partial charge in [0.1, 0.15) is 0 Å². The van der Waals surface area contributed by atoms with Crippen molar-refractivity contribution >= 4 is 5.97 Å². The standard InChI is InChI=1S/C21H26F3N3O2/c1-14-17(15(2)26(3)25-14)9-10-29-20(28)18-12-27(13-19(18)21(22,23)24)11-16-7-5-4-6-8-16/h4-8,18-19H,9-13H2,1-3H3/t18-,19+/m0/s1. The van der Waals surface area contributed by atoms with Gasteiger partial charge in [-0.3, -0.25) is 14.4 Å². The molecule has 1 aromatic heterocycles. The number of halogens is 3. The highest BCUT2D eigenvalue weighted by molar-refractivity contribution is 5.73. The van der Waals surface area contributed by atoms with Crippen LogP contribution in [0.1, 0.15) is 22.5 Å². The van der Waals surface area contributed by atoms with Gasteiger partial charge in [0.05, 0.1) is 24.1 Å². The largest absolute Gasteiger partial charge is 0.465 e. The van der Waals surface area contributed by atoms with Crippen LogP contribution in [0.15, 0.2) is 30.3 Å². The summed E-state index contributed by atoms with van der Waals surface area (Å²) in [5.41, 5.74) is 3.68. The maximum absolute atomic E-state index is 13.5. The Kier molecular flexibility index (Phi) is 6.31. The lowest BCUT2D eigenvalue weighted by Crippen LogP contribution is -2.35.